The number of ether oxygens (including phenoxy) is 8. The smallest absolute Gasteiger partial charge is 0.330 e. The summed E-state index contributed by atoms with van der Waals surface area (Å²) >= 11 is 14.6. The topological polar surface area (TPSA) is 558 Å². The number of phenols is 3. The minimum atomic E-state index is -2.32. The Morgan fingerprint density at radius 3 is 1.96 bits per heavy atom. The van der Waals surface area contributed by atoms with Crippen molar-refractivity contribution in [3.63, 3.8) is 0 Å². The third-order valence-electron chi connectivity index (χ3n) is 23.3. The van der Waals surface area contributed by atoms with Gasteiger partial charge >= 0.3 is 5.97 Å². The van der Waals surface area contributed by atoms with E-state index >= 15 is 24.0 Å². The molecule has 37 heteroatoms. The number of ketones is 2. The zero-order chi connectivity index (χ0) is 89.4. The van der Waals surface area contributed by atoms with E-state index < -0.39 is 280 Å². The first-order chi connectivity index (χ1) is 58.9. The number of aromatic hydroxyl groups is 3. The number of aromatic nitrogens is 1. The van der Waals surface area contributed by atoms with Crippen LogP contribution in [-0.4, -0.2) is 217 Å². The maximum absolute atomic E-state index is 16.6. The summed E-state index contributed by atoms with van der Waals surface area (Å²) < 4.78 is 53.5. The van der Waals surface area contributed by atoms with Crippen LogP contribution in [0.3, 0.4) is 0 Å². The molecule has 124 heavy (non-hydrogen) atoms. The first kappa shape index (κ1) is 91.3. The van der Waals surface area contributed by atoms with Crippen LogP contribution in [0.15, 0.2) is 128 Å². The van der Waals surface area contributed by atoms with E-state index in [1.54, 1.807) is 6.92 Å². The van der Waals surface area contributed by atoms with Crippen molar-refractivity contribution in [2.45, 2.75) is 220 Å². The summed E-state index contributed by atoms with van der Waals surface area (Å²) in [6.07, 6.45) is -25.1. The number of nitrogens with zero attached hydrogens (tertiary/aromatic N) is 1. The van der Waals surface area contributed by atoms with Crippen molar-refractivity contribution in [3.05, 3.63) is 171 Å². The summed E-state index contributed by atoms with van der Waals surface area (Å²) in [6.45, 7) is 7.34. The average Bonchev–Trinajstić information content (AvgIpc) is 0.801. The molecule has 8 aliphatic heterocycles. The molecule has 11 bridgehead atoms. The van der Waals surface area contributed by atoms with Gasteiger partial charge in [0.15, 0.2) is 41.7 Å². The molecule has 23 atom stereocenters. The maximum atomic E-state index is 16.6. The van der Waals surface area contributed by atoms with E-state index in [1.165, 1.54) is 44.2 Å². The van der Waals surface area contributed by atoms with Crippen molar-refractivity contribution in [2.24, 2.45) is 29.2 Å². The number of carboxylic acids is 1. The van der Waals surface area contributed by atoms with Crippen LogP contribution in [0.1, 0.15) is 150 Å². The number of amides is 5. The van der Waals surface area contributed by atoms with E-state index in [-0.39, 0.29) is 52.6 Å². The van der Waals surface area contributed by atoms with Gasteiger partial charge in [0.05, 0.1) is 46.8 Å². The number of hydrogen-bond donors (Lipinski definition) is 18. The first-order valence-electron chi connectivity index (χ1n) is 40.5. The third-order valence-corrected chi connectivity index (χ3v) is 23.9. The van der Waals surface area contributed by atoms with Gasteiger partial charge in [0.1, 0.15) is 102 Å². The highest BCUT2D eigenvalue weighted by Gasteiger charge is 2.53. The summed E-state index contributed by atoms with van der Waals surface area (Å²) in [4.78, 5) is 121. The number of nitrogens with two attached hydrogens (primary N) is 2. The van der Waals surface area contributed by atoms with Crippen LogP contribution in [0.5, 0.6) is 46.0 Å². The number of aliphatic hydroxyl groups is 8. The van der Waals surface area contributed by atoms with Gasteiger partial charge in [0.25, 0.3) is 0 Å². The molecule has 664 valence electrons. The molecule has 1 aromatic heterocycles. The van der Waals surface area contributed by atoms with Crippen molar-refractivity contribution in [3.8, 4) is 62.8 Å². The normalized spacial score (nSPS) is 30.0. The van der Waals surface area contributed by atoms with Gasteiger partial charge in [-0.25, -0.2) is 4.79 Å². The fourth-order valence-electron chi connectivity index (χ4n) is 16.7. The Morgan fingerprint density at radius 2 is 1.33 bits per heavy atom. The van der Waals surface area contributed by atoms with Gasteiger partial charge in [0, 0.05) is 78.0 Å². The molecule has 6 aromatic carbocycles. The molecule has 7 aromatic rings. The molecule has 3 saturated heterocycles. The summed E-state index contributed by atoms with van der Waals surface area (Å²) in [5.41, 5.74) is 10.4. The highest BCUT2D eigenvalue weighted by atomic mass is 35.5. The van der Waals surface area contributed by atoms with Gasteiger partial charge in [-0.2, -0.15) is 0 Å². The Morgan fingerprint density at radius 1 is 0.685 bits per heavy atom. The minimum absolute atomic E-state index is 0.0429. The first-order valence-corrected chi connectivity index (χ1v) is 41.3. The molecule has 35 nitrogen and oxygen atoms in total. The number of hydrogen-bond acceptors (Lipinski definition) is 28. The number of fused-ring (bicyclic) bond motifs is 15. The standard InChI is InChI=1S/C87H99Cl2N7O28/c1-6-40(24-37(2)3)80(111)94-68-55(101)28-45(31-63(90)103)81(112)92-66-44-29-60(118-57-20-15-42(70(68)104)26-51(57)88)77(123-86-75(109)73(107)78(62(36-97)121-86)124-85-74(108)72(106)71(105)59(120-85)11-9-10-39-12-17-46(18-13-39)96-22-7-8-23-96)61(30-44)119-58-21-16-43(27-52(58)89)76(122-64-35-87(5,91)79(110)38(4)117-64)69-83(114)93-67(84(115)116)50-32-47(98)33-54(100)65(50)49-25-41(14-19-53(49)99)48(34-56(66)102)82(113)95-69/h7-8,12-23,25-27,29-30,32-33,37-38,40,45,48,59,62,64,66-76,78-79,85-86,97-100,104-110H,6,9-11,24,28,31,34-36,91H2,1-5H3,(H2,90,103)(H,92,112)(H,93,114)(H,94,111)(H,95,113)(H,115,116)/t38-,40+,45-,48+,59+,62+,64?,66+,67+,68-,69-,70+,71-,72-,73+,74+,75+,76+,78+,79-,85-,86-,87-/m0/s1. The molecule has 15 rings (SSSR count). The van der Waals surface area contributed by atoms with Crippen LogP contribution in [0.2, 0.25) is 10.0 Å². The third kappa shape index (κ3) is 19.8. The Labute approximate surface area is 720 Å². The number of Topliss-reactive ketones (excluding diaryl/α,β-unsaturated/α-hetero) is 2. The molecule has 8 aliphatic rings. The lowest BCUT2D eigenvalue weighted by atomic mass is 9.84. The van der Waals surface area contributed by atoms with Crippen LogP contribution < -0.4 is 46.9 Å². The summed E-state index contributed by atoms with van der Waals surface area (Å²) in [7, 11) is 0. The fraction of sp³-hybridized carbons (Fsp3) is 0.448. The predicted octanol–water partition coefficient (Wildman–Crippen LogP) is 5.17. The number of halogens is 2. The molecule has 0 radical (unpaired) electrons. The number of aliphatic hydroxyl groups excluding tert-OH is 8. The number of benzene rings is 6. The van der Waals surface area contributed by atoms with Gasteiger partial charge in [-0.1, -0.05) is 74.3 Å². The SMILES string of the molecule is CC[C@H](CC(C)C)C(=O)N[C@H]1C(=O)C[C@@H](CC(N)=O)C(=O)N[C@H]2C(=O)C[C@H]3C(=O)N[C@H](C(=O)N[C@@H](C(=O)O)c4cc(O)cc(O)c4-c4cc3ccc4O)[C@H](OC3C[C@](C)(N)[C@@H](O)[C@H](C)O3)c3ccc(c(Cl)c3)Oc3cc2cc(c3O[C@@H]2O[C@H](CO)[C@@H](O[C@@H]3O[C@H](CCCc4ccc(-n5cccc5)cc4)[C@H](O)[C@H](O)[C@H]3O)[C@H](O)[C@H]2O)Oc2ccc(cc2Cl)[C@H]1O. The Bertz CT molecular complexity index is 5140. The molecule has 0 saturated carbocycles. The van der Waals surface area contributed by atoms with Crippen LogP contribution in [0.4, 0.5) is 0 Å². The lowest BCUT2D eigenvalue weighted by Crippen LogP contribution is -2.64. The second kappa shape index (κ2) is 38.2. The van der Waals surface area contributed by atoms with Crippen molar-refractivity contribution >= 4 is 70.3 Å². The largest absolute Gasteiger partial charge is 0.508 e. The van der Waals surface area contributed by atoms with E-state index in [1.807, 2.05) is 67.2 Å². The summed E-state index contributed by atoms with van der Waals surface area (Å²) in [5.74, 6) is -19.7. The van der Waals surface area contributed by atoms with E-state index in [0.29, 0.717) is 19.3 Å². The highest BCUT2D eigenvalue weighted by Crippen LogP contribution is 2.51. The lowest BCUT2D eigenvalue weighted by Gasteiger charge is -2.46. The number of carbonyl (C=O) groups excluding carboxylic acids is 7. The van der Waals surface area contributed by atoms with Crippen LogP contribution in [-0.2, 0) is 68.5 Å². The number of phenolic OH excluding ortho intramolecular Hbond substituents is 3. The zero-order valence-corrected chi connectivity index (χ0v) is 69.2. The van der Waals surface area contributed by atoms with Gasteiger partial charge in [-0.3, -0.25) is 33.6 Å². The highest BCUT2D eigenvalue weighted by molar-refractivity contribution is 6.32. The number of nitrogens with one attached hydrogen (secondary N) is 4. The number of aliphatic carboxylic acids is 1. The zero-order valence-electron chi connectivity index (χ0n) is 67.7. The van der Waals surface area contributed by atoms with E-state index in [0.717, 1.165) is 59.8 Å². The van der Waals surface area contributed by atoms with Crippen LogP contribution in [0, 0.1) is 17.8 Å². The quantitative estimate of drug-likeness (QED) is 0.0468. The lowest BCUT2D eigenvalue weighted by molar-refractivity contribution is -0.351. The molecule has 20 N–H and O–H groups in total. The van der Waals surface area contributed by atoms with Crippen molar-refractivity contribution in [1.29, 1.82) is 0 Å². The second-order valence-electron chi connectivity index (χ2n) is 32.8. The molecule has 9 heterocycles. The Hall–Kier alpha value is -10.4. The van der Waals surface area contributed by atoms with Gasteiger partial charge < -0.3 is 136 Å². The fourth-order valence-corrected chi connectivity index (χ4v) is 17.1. The van der Waals surface area contributed by atoms with Gasteiger partial charge in [-0.05, 0) is 159 Å². The molecular formula is C87H99Cl2N7O28. The van der Waals surface area contributed by atoms with Crippen molar-refractivity contribution < 1.29 is 138 Å². The monoisotopic (exact) mass is 1760 g/mol. The van der Waals surface area contributed by atoms with Gasteiger partial charge in [-0.15, -0.1) is 0 Å². The molecule has 1 unspecified atom stereocenters. The number of rotatable bonds is 20. The number of primary amides is 1. The van der Waals surface area contributed by atoms with E-state index in [2.05, 4.69) is 21.3 Å². The summed E-state index contributed by atoms with van der Waals surface area (Å²) in [6, 6.07) is 17.1. The second-order valence-corrected chi connectivity index (χ2v) is 33.7. The van der Waals surface area contributed by atoms with Crippen molar-refractivity contribution in [2.75, 3.05) is 6.61 Å². The Balaban J connectivity index is 0.971. The number of aryl methyl sites for hydroxylation is 1. The minimum Gasteiger partial charge on any atom is -0.508 e. The molecule has 5 amide bonds. The van der Waals surface area contributed by atoms with Crippen LogP contribution >= 0.6 is 23.2 Å². The van der Waals surface area contributed by atoms with Gasteiger partial charge in [0.2, 0.25) is 41.6 Å². The average molecular weight is 1760 g/mol. The number of carboxylic acid groups (broad SMARTS) is 1. The van der Waals surface area contributed by atoms with E-state index in [4.69, 9.17) is 72.6 Å². The predicted molar refractivity (Wildman–Crippen MR) is 437 cm³/mol. The molecular weight excluding hydrogens is 1660 g/mol. The molecule has 0 spiro atoms. The molecule has 3 fully saturated rings. The van der Waals surface area contributed by atoms with Crippen molar-refractivity contribution in [1.82, 2.24) is 25.8 Å². The Kier molecular flexibility index (Phi) is 28.1. The van der Waals surface area contributed by atoms with Crippen LogP contribution in [0.25, 0.3) is 16.8 Å². The molecule has 0 aliphatic carbocycles. The van der Waals surface area contributed by atoms with E-state index in [9.17, 15) is 75.7 Å². The number of carbonyl (C=O) groups is 8. The maximum Gasteiger partial charge on any atom is 0.330 e. The summed E-state index contributed by atoms with van der Waals surface area (Å²) in [5, 5.41) is 149.